The Balaban J connectivity index is 1.94. The zero-order valence-corrected chi connectivity index (χ0v) is 11.5. The summed E-state index contributed by atoms with van der Waals surface area (Å²) in [5, 5.41) is 4.40. The molecule has 0 bridgehead atoms. The number of nitrogens with one attached hydrogen (secondary N) is 1. The normalized spacial score (nSPS) is 22.5. The summed E-state index contributed by atoms with van der Waals surface area (Å²) >= 11 is 0. The molecule has 1 N–H and O–H groups in total. The third-order valence-corrected chi connectivity index (χ3v) is 3.11. The summed E-state index contributed by atoms with van der Waals surface area (Å²) in [6, 6.07) is 0. The van der Waals surface area contributed by atoms with Crippen molar-refractivity contribution in [1.82, 2.24) is 10.3 Å². The average molecular weight is 246 g/mol. The highest BCUT2D eigenvalue weighted by atomic mass is 15.4. The van der Waals surface area contributed by atoms with Crippen LogP contribution in [0.5, 0.6) is 0 Å². The topological polar surface area (TPSA) is 40.0 Å². The van der Waals surface area contributed by atoms with Gasteiger partial charge in [-0.25, -0.2) is 0 Å². The lowest BCUT2D eigenvalue weighted by molar-refractivity contribution is 0.420. The highest BCUT2D eigenvalue weighted by molar-refractivity contribution is 6.09. The van der Waals surface area contributed by atoms with Gasteiger partial charge in [-0.15, -0.1) is 0 Å². The van der Waals surface area contributed by atoms with Crippen LogP contribution in [0.25, 0.3) is 0 Å². The monoisotopic (exact) mass is 246 g/mol. The SMILES string of the molecule is C=C1/C(=N\NC(C)(C)N=CC)C=CN1CC1CC1. The van der Waals surface area contributed by atoms with Gasteiger partial charge in [0.2, 0.25) is 0 Å². The van der Waals surface area contributed by atoms with Gasteiger partial charge in [-0.05, 0) is 51.8 Å². The lowest BCUT2D eigenvalue weighted by Gasteiger charge is -2.20. The first-order valence-corrected chi connectivity index (χ1v) is 6.50. The van der Waals surface area contributed by atoms with E-state index in [4.69, 9.17) is 0 Å². The van der Waals surface area contributed by atoms with Gasteiger partial charge in [-0.3, -0.25) is 10.4 Å². The lowest BCUT2D eigenvalue weighted by atomic mass is 10.3. The zero-order valence-electron chi connectivity index (χ0n) is 11.5. The van der Waals surface area contributed by atoms with E-state index in [9.17, 15) is 0 Å². The van der Waals surface area contributed by atoms with E-state index in [0.717, 1.165) is 23.9 Å². The van der Waals surface area contributed by atoms with Crippen LogP contribution in [0.2, 0.25) is 0 Å². The molecule has 0 aromatic heterocycles. The van der Waals surface area contributed by atoms with E-state index in [-0.39, 0.29) is 5.66 Å². The minimum atomic E-state index is -0.375. The molecule has 0 atom stereocenters. The van der Waals surface area contributed by atoms with E-state index in [1.807, 2.05) is 26.8 Å². The van der Waals surface area contributed by atoms with Crippen LogP contribution in [0.4, 0.5) is 0 Å². The zero-order chi connectivity index (χ0) is 13.2. The number of hydrazone groups is 1. The molecule has 2 aliphatic rings. The highest BCUT2D eigenvalue weighted by Gasteiger charge is 2.27. The first kappa shape index (κ1) is 12.9. The Morgan fingerprint density at radius 1 is 1.56 bits per heavy atom. The predicted molar refractivity (Wildman–Crippen MR) is 76.5 cm³/mol. The summed E-state index contributed by atoms with van der Waals surface area (Å²) in [5.41, 5.74) is 4.57. The Hall–Kier alpha value is -1.58. The number of allylic oxidation sites excluding steroid dienone is 1. The summed E-state index contributed by atoms with van der Waals surface area (Å²) in [5.74, 6) is 0.847. The molecule has 0 saturated heterocycles. The summed E-state index contributed by atoms with van der Waals surface area (Å²) in [6.07, 6.45) is 8.55. The van der Waals surface area contributed by atoms with Gasteiger partial charge in [0, 0.05) is 12.7 Å². The van der Waals surface area contributed by atoms with E-state index in [1.54, 1.807) is 6.21 Å². The first-order chi connectivity index (χ1) is 8.52. The summed E-state index contributed by atoms with van der Waals surface area (Å²) in [4.78, 5) is 6.50. The minimum Gasteiger partial charge on any atom is -0.346 e. The van der Waals surface area contributed by atoms with Crippen LogP contribution in [0, 0.1) is 5.92 Å². The third kappa shape index (κ3) is 3.22. The molecule has 0 aromatic rings. The average Bonchev–Trinajstić information content (AvgIpc) is 3.04. The standard InChI is InChI=1S/C14H22N4/c1-5-15-14(3,4)17-16-13-8-9-18(11(13)2)10-12-6-7-12/h5,8-9,12,17H,2,6-7,10H2,1,3-4H3/b15-5?,16-13-. The molecule has 1 saturated carbocycles. The lowest BCUT2D eigenvalue weighted by Crippen LogP contribution is -2.34. The molecule has 1 aliphatic carbocycles. The predicted octanol–water partition coefficient (Wildman–Crippen LogP) is 2.51. The largest absolute Gasteiger partial charge is 0.346 e. The highest BCUT2D eigenvalue weighted by Crippen LogP contribution is 2.32. The van der Waals surface area contributed by atoms with Crippen molar-refractivity contribution in [2.45, 2.75) is 39.3 Å². The third-order valence-electron chi connectivity index (χ3n) is 3.11. The number of nitrogens with zero attached hydrogens (tertiary/aromatic N) is 3. The maximum Gasteiger partial charge on any atom is 0.138 e. The summed E-state index contributed by atoms with van der Waals surface area (Å²) in [6.45, 7) is 11.1. The van der Waals surface area contributed by atoms with E-state index >= 15 is 0 Å². The summed E-state index contributed by atoms with van der Waals surface area (Å²) < 4.78 is 0. The van der Waals surface area contributed by atoms with Crippen LogP contribution in [-0.4, -0.2) is 29.0 Å². The van der Waals surface area contributed by atoms with Crippen molar-refractivity contribution in [2.24, 2.45) is 16.0 Å². The molecule has 1 fully saturated rings. The quantitative estimate of drug-likeness (QED) is 0.598. The van der Waals surface area contributed by atoms with Gasteiger partial charge in [0.05, 0.1) is 5.70 Å². The van der Waals surface area contributed by atoms with Crippen molar-refractivity contribution in [3.05, 3.63) is 24.6 Å². The second-order valence-corrected chi connectivity index (χ2v) is 5.41. The van der Waals surface area contributed by atoms with Crippen molar-refractivity contribution in [1.29, 1.82) is 0 Å². The maximum atomic E-state index is 4.40. The molecule has 0 spiro atoms. The van der Waals surface area contributed by atoms with Gasteiger partial charge in [0.15, 0.2) is 0 Å². The molecule has 2 rings (SSSR count). The van der Waals surface area contributed by atoms with E-state index in [1.165, 1.54) is 12.8 Å². The van der Waals surface area contributed by atoms with Gasteiger partial charge in [-0.1, -0.05) is 6.58 Å². The molecular weight excluding hydrogens is 224 g/mol. The molecule has 4 nitrogen and oxygen atoms in total. The Bertz CT molecular complexity index is 414. The molecular formula is C14H22N4. The number of hydrogen-bond donors (Lipinski definition) is 1. The van der Waals surface area contributed by atoms with Gasteiger partial charge < -0.3 is 4.90 Å². The Morgan fingerprint density at radius 3 is 2.89 bits per heavy atom. The molecule has 18 heavy (non-hydrogen) atoms. The molecule has 1 heterocycles. The number of aliphatic imine (C=N–C) groups is 1. The fourth-order valence-corrected chi connectivity index (χ4v) is 1.89. The summed E-state index contributed by atoms with van der Waals surface area (Å²) in [7, 11) is 0. The van der Waals surface area contributed by atoms with Crippen LogP contribution in [0.15, 0.2) is 34.6 Å². The van der Waals surface area contributed by atoms with Gasteiger partial charge in [-0.2, -0.15) is 5.10 Å². The van der Waals surface area contributed by atoms with Crippen molar-refractivity contribution >= 4 is 11.9 Å². The Morgan fingerprint density at radius 2 is 2.28 bits per heavy atom. The molecule has 98 valence electrons. The van der Waals surface area contributed by atoms with Gasteiger partial charge >= 0.3 is 0 Å². The maximum absolute atomic E-state index is 4.40. The molecule has 1 aliphatic heterocycles. The van der Waals surface area contributed by atoms with E-state index in [0.29, 0.717) is 0 Å². The van der Waals surface area contributed by atoms with Crippen LogP contribution in [0.3, 0.4) is 0 Å². The molecule has 0 radical (unpaired) electrons. The van der Waals surface area contributed by atoms with Crippen LogP contribution in [-0.2, 0) is 0 Å². The van der Waals surface area contributed by atoms with Crippen molar-refractivity contribution in [2.75, 3.05) is 6.54 Å². The number of hydrogen-bond acceptors (Lipinski definition) is 4. The number of rotatable bonds is 5. The second kappa shape index (κ2) is 4.96. The second-order valence-electron chi connectivity index (χ2n) is 5.41. The van der Waals surface area contributed by atoms with E-state index in [2.05, 4.69) is 33.2 Å². The smallest absolute Gasteiger partial charge is 0.138 e. The van der Waals surface area contributed by atoms with Crippen LogP contribution in [0.1, 0.15) is 33.6 Å². The van der Waals surface area contributed by atoms with Crippen LogP contribution >= 0.6 is 0 Å². The Labute approximate surface area is 109 Å². The molecule has 0 amide bonds. The van der Waals surface area contributed by atoms with Gasteiger partial charge in [0.25, 0.3) is 0 Å². The van der Waals surface area contributed by atoms with Crippen LogP contribution < -0.4 is 5.43 Å². The fraction of sp³-hybridized carbons (Fsp3) is 0.571. The first-order valence-electron chi connectivity index (χ1n) is 6.50. The fourth-order valence-electron chi connectivity index (χ4n) is 1.89. The molecule has 4 heteroatoms. The van der Waals surface area contributed by atoms with Gasteiger partial charge in [0.1, 0.15) is 11.4 Å². The van der Waals surface area contributed by atoms with Crippen molar-refractivity contribution in [3.63, 3.8) is 0 Å². The molecule has 0 aromatic carbocycles. The minimum absolute atomic E-state index is 0.375. The van der Waals surface area contributed by atoms with E-state index < -0.39 is 0 Å². The van der Waals surface area contributed by atoms with Crippen molar-refractivity contribution < 1.29 is 0 Å². The van der Waals surface area contributed by atoms with Crippen molar-refractivity contribution in [3.8, 4) is 0 Å². The Kier molecular flexibility index (Phi) is 3.55. The molecule has 0 unspecified atom stereocenters.